The normalized spacial score (nSPS) is 11.0. The van der Waals surface area contributed by atoms with Gasteiger partial charge in [0.25, 0.3) is 0 Å². The lowest BCUT2D eigenvalue weighted by Gasteiger charge is -2.09. The lowest BCUT2D eigenvalue weighted by atomic mass is 10.0. The number of azo groups is 1. The van der Waals surface area contributed by atoms with Gasteiger partial charge in [0, 0.05) is 6.07 Å². The number of Topliss-reactive ketones (excluding diaryl/α,β-unsaturated/α-hetero) is 1. The minimum absolute atomic E-state index is 0.0131. The van der Waals surface area contributed by atoms with Gasteiger partial charge in [0.2, 0.25) is 5.13 Å². The lowest BCUT2D eigenvalue weighted by molar-refractivity contribution is -0.380. The van der Waals surface area contributed by atoms with Gasteiger partial charge in [-0.3, -0.25) is 14.9 Å². The zero-order valence-electron chi connectivity index (χ0n) is 11.5. The number of thiazole rings is 1. The first-order chi connectivity index (χ1) is 10.3. The van der Waals surface area contributed by atoms with E-state index in [9.17, 15) is 25.1 Å². The van der Waals surface area contributed by atoms with Crippen LogP contribution < -0.4 is 0 Å². The van der Waals surface area contributed by atoms with Crippen molar-refractivity contribution in [1.29, 1.82) is 0 Å². The van der Waals surface area contributed by atoms with Crippen molar-refractivity contribution in [3.63, 3.8) is 0 Å². The molecule has 1 heterocycles. The number of ketones is 1. The van der Waals surface area contributed by atoms with Gasteiger partial charge in [-0.15, -0.1) is 10.2 Å². The summed E-state index contributed by atoms with van der Waals surface area (Å²) in [6.07, 6.45) is 1.05. The van der Waals surface area contributed by atoms with Crippen molar-refractivity contribution in [2.24, 2.45) is 10.2 Å². The lowest BCUT2D eigenvalue weighted by Crippen LogP contribution is -1.97. The van der Waals surface area contributed by atoms with E-state index in [4.69, 9.17) is 0 Å². The molecule has 0 unspecified atom stereocenters. The van der Waals surface area contributed by atoms with Crippen LogP contribution in [-0.4, -0.2) is 25.9 Å². The Morgan fingerprint density at radius 2 is 2.05 bits per heavy atom. The summed E-state index contributed by atoms with van der Waals surface area (Å²) >= 11 is 0.717. The van der Waals surface area contributed by atoms with Gasteiger partial charge in [-0.1, -0.05) is 0 Å². The minimum Gasteiger partial charge on any atom is -0.507 e. The van der Waals surface area contributed by atoms with Gasteiger partial charge in [0.05, 0.1) is 10.5 Å². The fraction of sp³-hybridized carbons (Fsp3) is 0.167. The minimum atomic E-state index is -0.603. The number of nitrogens with zero attached hydrogens (tertiary/aromatic N) is 4. The van der Waals surface area contributed by atoms with E-state index in [0.29, 0.717) is 0 Å². The molecule has 1 aromatic heterocycles. The largest absolute Gasteiger partial charge is 0.507 e. The highest BCUT2D eigenvalue weighted by Gasteiger charge is 2.18. The summed E-state index contributed by atoms with van der Waals surface area (Å²) in [7, 11) is 0. The monoisotopic (exact) mass is 322 g/mol. The zero-order chi connectivity index (χ0) is 16.4. The van der Waals surface area contributed by atoms with Crippen LogP contribution in [0.2, 0.25) is 0 Å². The third-order valence-electron chi connectivity index (χ3n) is 2.75. The Morgan fingerprint density at radius 3 is 2.59 bits per heavy atom. The van der Waals surface area contributed by atoms with Crippen LogP contribution in [0.15, 0.2) is 22.5 Å². The highest BCUT2D eigenvalue weighted by molar-refractivity contribution is 7.18. The topological polar surface area (TPSA) is 138 Å². The Bertz CT molecular complexity index is 799. The average molecular weight is 322 g/mol. The molecule has 0 saturated heterocycles. The molecule has 0 amide bonds. The molecule has 0 aliphatic carbocycles. The number of benzene rings is 1. The SMILES string of the molecule is CC(=O)c1c(O)cc(O)c(N=Nc2ncc([N+](=O)[O-])s2)c1C. The molecule has 2 aromatic rings. The second kappa shape index (κ2) is 5.85. The van der Waals surface area contributed by atoms with Gasteiger partial charge < -0.3 is 10.2 Å². The average Bonchev–Trinajstić information content (AvgIpc) is 2.86. The fourth-order valence-corrected chi connectivity index (χ4v) is 2.38. The van der Waals surface area contributed by atoms with E-state index in [0.717, 1.165) is 23.6 Å². The van der Waals surface area contributed by atoms with Crippen LogP contribution in [0, 0.1) is 17.0 Å². The van der Waals surface area contributed by atoms with Gasteiger partial charge in [-0.05, 0) is 30.7 Å². The molecule has 1 aromatic carbocycles. The molecule has 2 N–H and O–H groups in total. The molecule has 0 aliphatic heterocycles. The molecule has 0 aliphatic rings. The number of carbonyl (C=O) groups excluding carboxylic acids is 1. The van der Waals surface area contributed by atoms with Crippen molar-refractivity contribution in [2.75, 3.05) is 0 Å². The molecular formula is C12H10N4O5S. The van der Waals surface area contributed by atoms with Gasteiger partial charge in [0.15, 0.2) is 5.78 Å². The number of rotatable bonds is 4. The number of phenolic OH excluding ortho intramolecular Hbond substituents is 2. The maximum atomic E-state index is 11.5. The summed E-state index contributed by atoms with van der Waals surface area (Å²) in [6.45, 7) is 2.76. The molecule has 114 valence electrons. The third-order valence-corrected chi connectivity index (χ3v) is 3.58. The first-order valence-corrected chi connectivity index (χ1v) is 6.71. The quantitative estimate of drug-likeness (QED) is 0.383. The van der Waals surface area contributed by atoms with Crippen molar-refractivity contribution in [3.05, 3.63) is 33.5 Å². The first-order valence-electron chi connectivity index (χ1n) is 5.89. The molecule has 0 atom stereocenters. The Morgan fingerprint density at radius 1 is 1.36 bits per heavy atom. The molecule has 10 heteroatoms. The molecule has 22 heavy (non-hydrogen) atoms. The molecule has 0 saturated carbocycles. The number of aromatic hydroxyl groups is 2. The van der Waals surface area contributed by atoms with E-state index < -0.39 is 10.7 Å². The summed E-state index contributed by atoms with van der Waals surface area (Å²) < 4.78 is 0. The van der Waals surface area contributed by atoms with E-state index in [1.54, 1.807) is 0 Å². The maximum Gasteiger partial charge on any atom is 0.345 e. The Balaban J connectivity index is 2.44. The summed E-state index contributed by atoms with van der Waals surface area (Å²) in [5.74, 6) is -1.11. The molecule has 0 fully saturated rings. The van der Waals surface area contributed by atoms with E-state index in [-0.39, 0.29) is 38.4 Å². The van der Waals surface area contributed by atoms with Gasteiger partial charge >= 0.3 is 5.00 Å². The molecule has 0 spiro atoms. The Hall–Kier alpha value is -2.88. The van der Waals surface area contributed by atoms with Crippen molar-refractivity contribution in [3.8, 4) is 11.5 Å². The number of aromatic nitrogens is 1. The third kappa shape index (κ3) is 2.91. The summed E-state index contributed by atoms with van der Waals surface area (Å²) in [5.41, 5.74) is 0.262. The van der Waals surface area contributed by atoms with E-state index in [1.165, 1.54) is 13.8 Å². The standard InChI is InChI=1S/C12H10N4O5S/c1-5-10(6(2)17)7(18)3-8(19)11(5)14-15-12-13-4-9(22-12)16(20)21/h3-4,18-19H,1-2H3. The first kappa shape index (κ1) is 15.5. The summed E-state index contributed by atoms with van der Waals surface area (Å²) in [6, 6.07) is 0.988. The number of hydrogen-bond acceptors (Lipinski definition) is 9. The number of hydrogen-bond donors (Lipinski definition) is 2. The van der Waals surface area contributed by atoms with Gasteiger partial charge in [-0.2, -0.15) is 0 Å². The Kier molecular flexibility index (Phi) is 4.13. The van der Waals surface area contributed by atoms with Crippen LogP contribution in [0.1, 0.15) is 22.8 Å². The predicted molar refractivity (Wildman–Crippen MR) is 77.5 cm³/mol. The highest BCUT2D eigenvalue weighted by atomic mass is 32.1. The van der Waals surface area contributed by atoms with Crippen molar-refractivity contribution < 1.29 is 19.9 Å². The maximum absolute atomic E-state index is 11.5. The fourth-order valence-electron chi connectivity index (χ4n) is 1.82. The van der Waals surface area contributed by atoms with Gasteiger partial charge in [0.1, 0.15) is 23.4 Å². The second-order valence-corrected chi connectivity index (χ2v) is 5.25. The zero-order valence-corrected chi connectivity index (χ0v) is 12.3. The van der Waals surface area contributed by atoms with E-state index in [2.05, 4.69) is 15.2 Å². The Labute approximate surface area is 127 Å². The van der Waals surface area contributed by atoms with Crippen molar-refractivity contribution >= 4 is 32.9 Å². The molecule has 9 nitrogen and oxygen atoms in total. The predicted octanol–water partition coefficient (Wildman–Crippen LogP) is 3.39. The van der Waals surface area contributed by atoms with Crippen LogP contribution >= 0.6 is 11.3 Å². The number of carbonyl (C=O) groups is 1. The number of nitro groups is 1. The smallest absolute Gasteiger partial charge is 0.345 e. The van der Waals surface area contributed by atoms with E-state index >= 15 is 0 Å². The van der Waals surface area contributed by atoms with Crippen LogP contribution in [0.3, 0.4) is 0 Å². The summed E-state index contributed by atoms with van der Waals surface area (Å²) in [5, 5.41) is 37.3. The molecule has 2 rings (SSSR count). The van der Waals surface area contributed by atoms with Crippen LogP contribution in [0.25, 0.3) is 0 Å². The van der Waals surface area contributed by atoms with Crippen LogP contribution in [0.4, 0.5) is 15.8 Å². The van der Waals surface area contributed by atoms with Crippen molar-refractivity contribution in [2.45, 2.75) is 13.8 Å². The van der Waals surface area contributed by atoms with E-state index in [1.807, 2.05) is 0 Å². The molecular weight excluding hydrogens is 312 g/mol. The molecule has 0 bridgehead atoms. The van der Waals surface area contributed by atoms with Crippen molar-refractivity contribution in [1.82, 2.24) is 4.98 Å². The van der Waals surface area contributed by atoms with Crippen LogP contribution in [0.5, 0.6) is 11.5 Å². The number of phenols is 2. The molecule has 0 radical (unpaired) electrons. The highest BCUT2D eigenvalue weighted by Crippen LogP contribution is 2.39. The summed E-state index contributed by atoms with van der Waals surface area (Å²) in [4.78, 5) is 25.2. The second-order valence-electron chi connectivity index (χ2n) is 4.26. The van der Waals surface area contributed by atoms with Gasteiger partial charge in [-0.25, -0.2) is 4.98 Å². The van der Waals surface area contributed by atoms with Crippen LogP contribution in [-0.2, 0) is 0 Å².